The van der Waals surface area contributed by atoms with E-state index in [2.05, 4.69) is 5.32 Å². The first-order valence-electron chi connectivity index (χ1n) is 6.85. The van der Waals surface area contributed by atoms with Gasteiger partial charge in [-0.15, -0.1) is 0 Å². The fourth-order valence-corrected chi connectivity index (χ4v) is 2.05. The fraction of sp³-hybridized carbons (Fsp3) is 0.312. The number of nitrogens with one attached hydrogen (secondary N) is 1. The van der Waals surface area contributed by atoms with E-state index in [0.717, 1.165) is 16.9 Å². The summed E-state index contributed by atoms with van der Waals surface area (Å²) in [5, 5.41) is 12.2. The van der Waals surface area contributed by atoms with Gasteiger partial charge in [-0.3, -0.25) is 0 Å². The Balaban J connectivity index is 1.92. The van der Waals surface area contributed by atoms with Crippen LogP contribution in [-0.2, 0) is 13.1 Å². The lowest BCUT2D eigenvalue weighted by Crippen LogP contribution is -2.12. The Morgan fingerprint density at radius 3 is 2.81 bits per heavy atom. The monoisotopic (exact) mass is 289 g/mol. The second-order valence-corrected chi connectivity index (χ2v) is 4.68. The Morgan fingerprint density at radius 1 is 1.33 bits per heavy atom. The largest absolute Gasteiger partial charge is 0.494 e. The molecule has 1 heterocycles. The molecule has 0 atom stereocenters. The number of ether oxygens (including phenoxy) is 1. The number of carboxylic acid groups (broad SMARTS) is 1. The lowest BCUT2D eigenvalue weighted by atomic mass is 10.2. The lowest BCUT2D eigenvalue weighted by Gasteiger charge is -2.07. The van der Waals surface area contributed by atoms with E-state index in [-0.39, 0.29) is 5.76 Å². The van der Waals surface area contributed by atoms with Crippen molar-refractivity contribution in [3.8, 4) is 5.75 Å². The van der Waals surface area contributed by atoms with Crippen molar-refractivity contribution in [1.29, 1.82) is 0 Å². The number of hydrogen-bond acceptors (Lipinski definition) is 4. The summed E-state index contributed by atoms with van der Waals surface area (Å²) in [5.41, 5.74) is 1.97. The quantitative estimate of drug-likeness (QED) is 0.820. The molecule has 112 valence electrons. The molecule has 0 aliphatic rings. The summed E-state index contributed by atoms with van der Waals surface area (Å²) < 4.78 is 10.6. The zero-order valence-electron chi connectivity index (χ0n) is 12.2. The summed E-state index contributed by atoms with van der Waals surface area (Å²) in [6.07, 6.45) is 0. The molecule has 2 aromatic rings. The molecule has 0 fully saturated rings. The number of carbonyl (C=O) groups is 1. The van der Waals surface area contributed by atoms with Crippen LogP contribution in [0.25, 0.3) is 0 Å². The third-order valence-electron chi connectivity index (χ3n) is 3.09. The maximum atomic E-state index is 10.8. The maximum Gasteiger partial charge on any atom is 0.371 e. The molecule has 0 spiro atoms. The Bertz CT molecular complexity index is 618. The molecular weight excluding hydrogens is 270 g/mol. The van der Waals surface area contributed by atoms with Crippen molar-refractivity contribution >= 4 is 5.97 Å². The number of furan rings is 1. The highest BCUT2D eigenvalue weighted by molar-refractivity contribution is 5.84. The van der Waals surface area contributed by atoms with E-state index >= 15 is 0 Å². The van der Waals surface area contributed by atoms with Gasteiger partial charge >= 0.3 is 5.97 Å². The van der Waals surface area contributed by atoms with Gasteiger partial charge in [-0.2, -0.15) is 0 Å². The summed E-state index contributed by atoms with van der Waals surface area (Å²) in [4.78, 5) is 10.8. The second-order valence-electron chi connectivity index (χ2n) is 4.68. The second kappa shape index (κ2) is 6.95. The van der Waals surface area contributed by atoms with Crippen molar-refractivity contribution in [2.24, 2.45) is 0 Å². The molecule has 21 heavy (non-hydrogen) atoms. The summed E-state index contributed by atoms with van der Waals surface area (Å²) in [6.45, 7) is 5.59. The van der Waals surface area contributed by atoms with E-state index in [1.807, 2.05) is 31.2 Å². The average Bonchev–Trinajstić information content (AvgIpc) is 2.82. The van der Waals surface area contributed by atoms with Gasteiger partial charge in [-0.25, -0.2) is 4.79 Å². The highest BCUT2D eigenvalue weighted by Crippen LogP contribution is 2.16. The van der Waals surface area contributed by atoms with Crippen LogP contribution in [0.5, 0.6) is 5.75 Å². The Labute approximate surface area is 123 Å². The average molecular weight is 289 g/mol. The van der Waals surface area contributed by atoms with Crippen LogP contribution in [0.4, 0.5) is 0 Å². The van der Waals surface area contributed by atoms with Gasteiger partial charge in [0.05, 0.1) is 6.61 Å². The summed E-state index contributed by atoms with van der Waals surface area (Å²) >= 11 is 0. The van der Waals surface area contributed by atoms with Gasteiger partial charge in [-0.1, -0.05) is 12.1 Å². The van der Waals surface area contributed by atoms with Crippen LogP contribution >= 0.6 is 0 Å². The number of benzene rings is 1. The van der Waals surface area contributed by atoms with Crippen molar-refractivity contribution in [3.05, 3.63) is 53.0 Å². The molecule has 5 heteroatoms. The predicted octanol–water partition coefficient (Wildman–Crippen LogP) is 2.97. The Kier molecular flexibility index (Phi) is 5.00. The molecule has 1 aromatic heterocycles. The van der Waals surface area contributed by atoms with Gasteiger partial charge in [0.25, 0.3) is 0 Å². The Hall–Kier alpha value is -2.27. The molecule has 2 rings (SSSR count). The highest BCUT2D eigenvalue weighted by atomic mass is 16.5. The first kappa shape index (κ1) is 15.1. The van der Waals surface area contributed by atoms with Crippen molar-refractivity contribution in [3.63, 3.8) is 0 Å². The summed E-state index contributed by atoms with van der Waals surface area (Å²) in [6, 6.07) is 9.43. The van der Waals surface area contributed by atoms with Gasteiger partial charge in [0.2, 0.25) is 5.76 Å². The van der Waals surface area contributed by atoms with Crippen molar-refractivity contribution < 1.29 is 19.1 Å². The number of hydrogen-bond donors (Lipinski definition) is 2. The molecule has 0 radical (unpaired) electrons. The smallest absolute Gasteiger partial charge is 0.371 e. The third kappa shape index (κ3) is 4.10. The van der Waals surface area contributed by atoms with Gasteiger partial charge in [0, 0.05) is 18.7 Å². The minimum atomic E-state index is -1.05. The van der Waals surface area contributed by atoms with E-state index in [1.54, 1.807) is 13.0 Å². The SMILES string of the molecule is CCOc1cccc(CNCc2cc(C(=O)O)oc2C)c1. The van der Waals surface area contributed by atoms with E-state index < -0.39 is 5.97 Å². The minimum absolute atomic E-state index is 0.0253. The van der Waals surface area contributed by atoms with Crippen LogP contribution in [0.2, 0.25) is 0 Å². The van der Waals surface area contributed by atoms with E-state index in [1.165, 1.54) is 0 Å². The fourth-order valence-electron chi connectivity index (χ4n) is 2.05. The van der Waals surface area contributed by atoms with Crippen LogP contribution < -0.4 is 10.1 Å². The highest BCUT2D eigenvalue weighted by Gasteiger charge is 2.12. The molecule has 0 aliphatic heterocycles. The van der Waals surface area contributed by atoms with Crippen LogP contribution in [0.1, 0.15) is 34.4 Å². The lowest BCUT2D eigenvalue weighted by molar-refractivity contribution is 0.0661. The minimum Gasteiger partial charge on any atom is -0.494 e. The molecule has 2 N–H and O–H groups in total. The number of rotatable bonds is 7. The van der Waals surface area contributed by atoms with Gasteiger partial charge in [0.1, 0.15) is 11.5 Å². The zero-order valence-corrected chi connectivity index (χ0v) is 12.2. The van der Waals surface area contributed by atoms with Gasteiger partial charge in [0.15, 0.2) is 0 Å². The number of aromatic carboxylic acids is 1. The first-order valence-corrected chi connectivity index (χ1v) is 6.85. The van der Waals surface area contributed by atoms with Crippen LogP contribution in [-0.4, -0.2) is 17.7 Å². The van der Waals surface area contributed by atoms with E-state index in [0.29, 0.717) is 25.5 Å². The van der Waals surface area contributed by atoms with Crippen LogP contribution in [0.3, 0.4) is 0 Å². The van der Waals surface area contributed by atoms with Gasteiger partial charge in [-0.05, 0) is 37.6 Å². The molecular formula is C16H19NO4. The molecule has 0 amide bonds. The normalized spacial score (nSPS) is 10.6. The standard InChI is InChI=1S/C16H19NO4/c1-3-20-14-6-4-5-12(7-14)9-17-10-13-8-15(16(18)19)21-11(13)2/h4-8,17H,3,9-10H2,1-2H3,(H,18,19). The number of carboxylic acids is 1. The topological polar surface area (TPSA) is 71.7 Å². The van der Waals surface area contributed by atoms with Crippen molar-refractivity contribution in [1.82, 2.24) is 5.32 Å². The molecule has 0 saturated heterocycles. The molecule has 0 bridgehead atoms. The molecule has 1 aromatic carbocycles. The Morgan fingerprint density at radius 2 is 2.14 bits per heavy atom. The van der Waals surface area contributed by atoms with E-state index in [9.17, 15) is 4.79 Å². The summed E-state index contributed by atoms with van der Waals surface area (Å²) in [7, 11) is 0. The van der Waals surface area contributed by atoms with E-state index in [4.69, 9.17) is 14.3 Å². The van der Waals surface area contributed by atoms with Gasteiger partial charge < -0.3 is 19.6 Å². The molecule has 0 aliphatic carbocycles. The van der Waals surface area contributed by atoms with Crippen LogP contribution in [0, 0.1) is 6.92 Å². The van der Waals surface area contributed by atoms with Crippen molar-refractivity contribution in [2.45, 2.75) is 26.9 Å². The molecule has 5 nitrogen and oxygen atoms in total. The maximum absolute atomic E-state index is 10.8. The van der Waals surface area contributed by atoms with Crippen LogP contribution in [0.15, 0.2) is 34.7 Å². The molecule has 0 unspecified atom stereocenters. The number of aryl methyl sites for hydroxylation is 1. The third-order valence-corrected chi connectivity index (χ3v) is 3.09. The first-order chi connectivity index (χ1) is 10.1. The molecule has 0 saturated carbocycles. The predicted molar refractivity (Wildman–Crippen MR) is 78.6 cm³/mol. The van der Waals surface area contributed by atoms with Crippen molar-refractivity contribution in [2.75, 3.05) is 6.61 Å². The zero-order chi connectivity index (χ0) is 15.2. The summed E-state index contributed by atoms with van der Waals surface area (Å²) in [5.74, 6) is 0.406.